The largest absolute Gasteiger partial charge is 0.508 e. The number of hydrogen-bond donors (Lipinski definition) is 2. The highest BCUT2D eigenvalue weighted by Crippen LogP contribution is 2.32. The quantitative estimate of drug-likeness (QED) is 0.819. The van der Waals surface area contributed by atoms with E-state index in [0.717, 1.165) is 37.7 Å². The minimum atomic E-state index is -0.366. The van der Waals surface area contributed by atoms with Crippen molar-refractivity contribution < 1.29 is 14.6 Å². The van der Waals surface area contributed by atoms with Gasteiger partial charge in [0, 0.05) is 0 Å². The molecule has 1 aliphatic rings. The molecule has 2 N–H and O–H groups in total. The van der Waals surface area contributed by atoms with Crippen LogP contribution < -0.4 is 5.32 Å². The Kier molecular flexibility index (Phi) is 4.66. The first kappa shape index (κ1) is 13.7. The van der Waals surface area contributed by atoms with Gasteiger partial charge in [-0.05, 0) is 48.9 Å². The normalized spacial score (nSPS) is 17.6. The number of hydrogen-bond acceptors (Lipinski definition) is 3. The number of aromatic hydroxyl groups is 1. The standard InChI is InChI=1S/C15H21NO3/c1-2-3-9-19-15(18)16-14-6-4-5-11-7-8-12(17)10-13(11)14/h7-8,10,14,17H,2-6,9H2,1H3,(H,16,18). The van der Waals surface area contributed by atoms with Crippen LogP contribution in [0.4, 0.5) is 4.79 Å². The maximum atomic E-state index is 11.7. The van der Waals surface area contributed by atoms with Crippen LogP contribution in [0.3, 0.4) is 0 Å². The molecule has 1 aromatic rings. The van der Waals surface area contributed by atoms with Crippen molar-refractivity contribution in [3.05, 3.63) is 29.3 Å². The third-order valence-corrected chi connectivity index (χ3v) is 3.47. The number of ether oxygens (including phenoxy) is 1. The summed E-state index contributed by atoms with van der Waals surface area (Å²) in [4.78, 5) is 11.7. The average Bonchev–Trinajstić information content (AvgIpc) is 2.40. The lowest BCUT2D eigenvalue weighted by atomic mass is 9.87. The van der Waals surface area contributed by atoms with E-state index in [0.29, 0.717) is 6.61 Å². The van der Waals surface area contributed by atoms with Crippen LogP contribution in [0.2, 0.25) is 0 Å². The van der Waals surface area contributed by atoms with Gasteiger partial charge in [0.1, 0.15) is 5.75 Å². The minimum Gasteiger partial charge on any atom is -0.508 e. The minimum absolute atomic E-state index is 0.0509. The van der Waals surface area contributed by atoms with Gasteiger partial charge in [0.25, 0.3) is 0 Å². The molecule has 1 aliphatic carbocycles. The van der Waals surface area contributed by atoms with Crippen molar-refractivity contribution in [1.29, 1.82) is 0 Å². The molecule has 0 saturated heterocycles. The van der Waals surface area contributed by atoms with Crippen LogP contribution in [0.15, 0.2) is 18.2 Å². The molecule has 1 unspecified atom stereocenters. The number of alkyl carbamates (subject to hydrolysis) is 1. The summed E-state index contributed by atoms with van der Waals surface area (Å²) in [7, 11) is 0. The number of carbonyl (C=O) groups excluding carboxylic acids is 1. The number of phenols is 1. The van der Waals surface area contributed by atoms with E-state index in [1.165, 1.54) is 5.56 Å². The molecule has 0 radical (unpaired) electrons. The molecule has 19 heavy (non-hydrogen) atoms. The van der Waals surface area contributed by atoms with Crippen molar-refractivity contribution in [2.75, 3.05) is 6.61 Å². The van der Waals surface area contributed by atoms with Gasteiger partial charge in [-0.2, -0.15) is 0 Å². The number of rotatable bonds is 4. The maximum Gasteiger partial charge on any atom is 0.407 e. The van der Waals surface area contributed by atoms with Crippen molar-refractivity contribution in [1.82, 2.24) is 5.32 Å². The van der Waals surface area contributed by atoms with Gasteiger partial charge in [-0.1, -0.05) is 19.4 Å². The summed E-state index contributed by atoms with van der Waals surface area (Å²) in [6.07, 6.45) is 4.45. The predicted octanol–water partition coefficient (Wildman–Crippen LogP) is 3.30. The fourth-order valence-electron chi connectivity index (χ4n) is 2.43. The number of fused-ring (bicyclic) bond motifs is 1. The zero-order valence-corrected chi connectivity index (χ0v) is 11.3. The van der Waals surface area contributed by atoms with E-state index in [9.17, 15) is 9.90 Å². The molecular weight excluding hydrogens is 242 g/mol. The fourth-order valence-corrected chi connectivity index (χ4v) is 2.43. The Morgan fingerprint density at radius 3 is 3.16 bits per heavy atom. The highest BCUT2D eigenvalue weighted by atomic mass is 16.5. The smallest absolute Gasteiger partial charge is 0.407 e. The van der Waals surface area contributed by atoms with E-state index in [1.807, 2.05) is 6.07 Å². The Balaban J connectivity index is 1.99. The summed E-state index contributed by atoms with van der Waals surface area (Å²) >= 11 is 0. The zero-order chi connectivity index (χ0) is 13.7. The van der Waals surface area contributed by atoms with Gasteiger partial charge >= 0.3 is 6.09 Å². The first-order chi connectivity index (χ1) is 9.20. The summed E-state index contributed by atoms with van der Waals surface area (Å²) in [5.41, 5.74) is 2.21. The van der Waals surface area contributed by atoms with Gasteiger partial charge < -0.3 is 15.2 Å². The fraction of sp³-hybridized carbons (Fsp3) is 0.533. The summed E-state index contributed by atoms with van der Waals surface area (Å²) in [5, 5.41) is 12.5. The number of phenolic OH excluding ortho intramolecular Hbond substituents is 1. The van der Waals surface area contributed by atoms with Crippen LogP contribution in [-0.4, -0.2) is 17.8 Å². The second-order valence-corrected chi connectivity index (χ2v) is 4.96. The third kappa shape index (κ3) is 3.63. The molecule has 0 aliphatic heterocycles. The molecule has 1 atom stereocenters. The molecule has 0 saturated carbocycles. The van der Waals surface area contributed by atoms with E-state index in [2.05, 4.69) is 12.2 Å². The molecule has 0 heterocycles. The Morgan fingerprint density at radius 2 is 2.37 bits per heavy atom. The van der Waals surface area contributed by atoms with Gasteiger partial charge in [0.05, 0.1) is 12.6 Å². The van der Waals surface area contributed by atoms with Crippen LogP contribution in [0.25, 0.3) is 0 Å². The van der Waals surface area contributed by atoms with Crippen LogP contribution >= 0.6 is 0 Å². The molecule has 0 fully saturated rings. The van der Waals surface area contributed by atoms with Crippen molar-refractivity contribution in [3.63, 3.8) is 0 Å². The molecular formula is C15H21NO3. The van der Waals surface area contributed by atoms with Gasteiger partial charge in [0.15, 0.2) is 0 Å². The van der Waals surface area contributed by atoms with Gasteiger partial charge in [-0.25, -0.2) is 4.79 Å². The zero-order valence-electron chi connectivity index (χ0n) is 11.3. The van der Waals surface area contributed by atoms with Crippen LogP contribution in [0.5, 0.6) is 5.75 Å². The number of nitrogens with one attached hydrogen (secondary N) is 1. The molecule has 104 valence electrons. The second-order valence-electron chi connectivity index (χ2n) is 4.96. The first-order valence-corrected chi connectivity index (χ1v) is 6.95. The molecule has 0 bridgehead atoms. The van der Waals surface area contributed by atoms with E-state index >= 15 is 0 Å². The highest BCUT2D eigenvalue weighted by Gasteiger charge is 2.22. The molecule has 1 amide bonds. The summed E-state index contributed by atoms with van der Waals surface area (Å²) in [6.45, 7) is 2.52. The van der Waals surface area contributed by atoms with E-state index in [-0.39, 0.29) is 17.9 Å². The Labute approximate surface area is 113 Å². The maximum absolute atomic E-state index is 11.7. The Bertz CT molecular complexity index is 445. The van der Waals surface area contributed by atoms with Gasteiger partial charge in [0.2, 0.25) is 0 Å². The first-order valence-electron chi connectivity index (χ1n) is 6.95. The van der Waals surface area contributed by atoms with Crippen molar-refractivity contribution in [3.8, 4) is 5.75 Å². The van der Waals surface area contributed by atoms with E-state index < -0.39 is 0 Å². The SMILES string of the molecule is CCCCOC(=O)NC1CCCc2ccc(O)cc21. The van der Waals surface area contributed by atoms with Crippen molar-refractivity contribution in [2.45, 2.75) is 45.1 Å². The van der Waals surface area contributed by atoms with Crippen LogP contribution in [-0.2, 0) is 11.2 Å². The van der Waals surface area contributed by atoms with Crippen LogP contribution in [0, 0.1) is 0 Å². The van der Waals surface area contributed by atoms with E-state index in [1.54, 1.807) is 12.1 Å². The second kappa shape index (κ2) is 6.45. The lowest BCUT2D eigenvalue weighted by Crippen LogP contribution is -2.31. The molecule has 4 heteroatoms. The number of aryl methyl sites for hydroxylation is 1. The highest BCUT2D eigenvalue weighted by molar-refractivity contribution is 5.68. The summed E-state index contributed by atoms with van der Waals surface area (Å²) in [6, 6.07) is 5.32. The van der Waals surface area contributed by atoms with Crippen LogP contribution in [0.1, 0.15) is 49.8 Å². The summed E-state index contributed by atoms with van der Waals surface area (Å²) in [5.74, 6) is 0.242. The number of carbonyl (C=O) groups is 1. The Hall–Kier alpha value is -1.71. The van der Waals surface area contributed by atoms with Crippen molar-refractivity contribution >= 4 is 6.09 Å². The number of amides is 1. The van der Waals surface area contributed by atoms with Crippen molar-refractivity contribution in [2.24, 2.45) is 0 Å². The molecule has 1 aromatic carbocycles. The third-order valence-electron chi connectivity index (χ3n) is 3.47. The van der Waals surface area contributed by atoms with Gasteiger partial charge in [-0.15, -0.1) is 0 Å². The van der Waals surface area contributed by atoms with E-state index in [4.69, 9.17) is 4.74 Å². The average molecular weight is 263 g/mol. The Morgan fingerprint density at radius 1 is 1.53 bits per heavy atom. The predicted molar refractivity (Wildman–Crippen MR) is 73.2 cm³/mol. The molecule has 0 aromatic heterocycles. The lowest BCUT2D eigenvalue weighted by Gasteiger charge is -2.26. The molecule has 4 nitrogen and oxygen atoms in total. The summed E-state index contributed by atoms with van der Waals surface area (Å²) < 4.78 is 5.12. The number of benzene rings is 1. The molecule has 2 rings (SSSR count). The molecule has 0 spiro atoms. The lowest BCUT2D eigenvalue weighted by molar-refractivity contribution is 0.139. The monoisotopic (exact) mass is 263 g/mol. The number of unbranched alkanes of at least 4 members (excludes halogenated alkanes) is 1. The topological polar surface area (TPSA) is 58.6 Å². The van der Waals surface area contributed by atoms with Gasteiger partial charge in [-0.3, -0.25) is 0 Å².